The quantitative estimate of drug-likeness (QED) is 0.741. The van der Waals surface area contributed by atoms with E-state index < -0.39 is 0 Å². The van der Waals surface area contributed by atoms with E-state index in [0.29, 0.717) is 6.42 Å². The first-order chi connectivity index (χ1) is 7.69. The molecule has 2 heteroatoms. The molecule has 16 heavy (non-hydrogen) atoms. The molecule has 0 heterocycles. The Balaban J connectivity index is 2.84. The Morgan fingerprint density at radius 2 is 1.75 bits per heavy atom. The Morgan fingerprint density at radius 3 is 2.25 bits per heavy atom. The van der Waals surface area contributed by atoms with Gasteiger partial charge in [0.2, 0.25) is 5.91 Å². The molecule has 2 nitrogen and oxygen atoms in total. The molecule has 1 aromatic carbocycles. The summed E-state index contributed by atoms with van der Waals surface area (Å²) in [6.45, 7) is 7.00. The van der Waals surface area contributed by atoms with Crippen LogP contribution < -0.4 is 4.90 Å². The number of anilines is 1. The van der Waals surface area contributed by atoms with E-state index >= 15 is 0 Å². The van der Waals surface area contributed by atoms with Gasteiger partial charge in [0.15, 0.2) is 0 Å². The van der Waals surface area contributed by atoms with Crippen LogP contribution in [0.5, 0.6) is 0 Å². The minimum Gasteiger partial charge on any atom is -0.312 e. The summed E-state index contributed by atoms with van der Waals surface area (Å²) in [5.74, 6) is 0.230. The van der Waals surface area contributed by atoms with Gasteiger partial charge in [-0.25, -0.2) is 0 Å². The van der Waals surface area contributed by atoms with E-state index in [2.05, 4.69) is 26.0 Å². The first-order valence-electron chi connectivity index (χ1n) is 6.06. The van der Waals surface area contributed by atoms with Gasteiger partial charge >= 0.3 is 0 Å². The maximum absolute atomic E-state index is 11.9. The highest BCUT2D eigenvalue weighted by Crippen LogP contribution is 2.17. The molecule has 1 rings (SSSR count). The van der Waals surface area contributed by atoms with Crippen LogP contribution in [0.2, 0.25) is 0 Å². The van der Waals surface area contributed by atoms with Crippen LogP contribution in [0.25, 0.3) is 0 Å². The van der Waals surface area contributed by atoms with Gasteiger partial charge in [0.25, 0.3) is 0 Å². The molecular weight excluding hydrogens is 198 g/mol. The minimum absolute atomic E-state index is 0.230. The first kappa shape index (κ1) is 12.8. The van der Waals surface area contributed by atoms with Gasteiger partial charge in [-0.05, 0) is 31.9 Å². The summed E-state index contributed by atoms with van der Waals surface area (Å²) < 4.78 is 0. The molecule has 88 valence electrons. The summed E-state index contributed by atoms with van der Waals surface area (Å²) in [5.41, 5.74) is 2.24. The van der Waals surface area contributed by atoms with Crippen molar-refractivity contribution in [2.45, 2.75) is 40.0 Å². The van der Waals surface area contributed by atoms with Gasteiger partial charge in [-0.1, -0.05) is 31.5 Å². The van der Waals surface area contributed by atoms with E-state index in [9.17, 15) is 4.79 Å². The third-order valence-electron chi connectivity index (χ3n) is 2.56. The van der Waals surface area contributed by atoms with E-state index in [-0.39, 0.29) is 5.91 Å². The van der Waals surface area contributed by atoms with Gasteiger partial charge in [-0.3, -0.25) is 4.79 Å². The summed E-state index contributed by atoms with van der Waals surface area (Å²) in [6.07, 6.45) is 2.53. The van der Waals surface area contributed by atoms with Crippen LogP contribution in [0.3, 0.4) is 0 Å². The van der Waals surface area contributed by atoms with Gasteiger partial charge < -0.3 is 4.90 Å². The van der Waals surface area contributed by atoms with E-state index in [1.165, 1.54) is 5.56 Å². The van der Waals surface area contributed by atoms with E-state index in [1.807, 2.05) is 24.0 Å². The number of nitrogens with zero attached hydrogens (tertiary/aromatic N) is 1. The van der Waals surface area contributed by atoms with Crippen LogP contribution in [0.4, 0.5) is 5.69 Å². The van der Waals surface area contributed by atoms with Crippen LogP contribution >= 0.6 is 0 Å². The highest BCUT2D eigenvalue weighted by Gasteiger charge is 2.13. The zero-order chi connectivity index (χ0) is 12.0. The van der Waals surface area contributed by atoms with Gasteiger partial charge in [-0.15, -0.1) is 0 Å². The van der Waals surface area contributed by atoms with Crippen molar-refractivity contribution < 1.29 is 4.79 Å². The smallest absolute Gasteiger partial charge is 0.226 e. The van der Waals surface area contributed by atoms with Gasteiger partial charge in [-0.2, -0.15) is 0 Å². The topological polar surface area (TPSA) is 20.3 Å². The van der Waals surface area contributed by atoms with Crippen molar-refractivity contribution in [1.29, 1.82) is 0 Å². The van der Waals surface area contributed by atoms with Crippen molar-refractivity contribution in [2.24, 2.45) is 0 Å². The molecule has 0 fully saturated rings. The predicted octanol–water partition coefficient (Wildman–Crippen LogP) is 3.54. The van der Waals surface area contributed by atoms with Gasteiger partial charge in [0.05, 0.1) is 0 Å². The molecule has 0 saturated heterocycles. The molecule has 0 bridgehead atoms. The fourth-order valence-electron chi connectivity index (χ4n) is 1.69. The fourth-order valence-corrected chi connectivity index (χ4v) is 1.69. The predicted molar refractivity (Wildman–Crippen MR) is 68.7 cm³/mol. The van der Waals surface area contributed by atoms with Crippen molar-refractivity contribution >= 4 is 11.6 Å². The zero-order valence-electron chi connectivity index (χ0n) is 10.5. The second-order valence-electron chi connectivity index (χ2n) is 4.13. The summed E-state index contributed by atoms with van der Waals surface area (Å²) >= 11 is 0. The number of aryl methyl sites for hydroxylation is 1. The molecule has 0 aliphatic carbocycles. The highest BCUT2D eigenvalue weighted by molar-refractivity contribution is 5.93. The van der Waals surface area contributed by atoms with Gasteiger partial charge in [0, 0.05) is 18.7 Å². The summed E-state index contributed by atoms with van der Waals surface area (Å²) in [7, 11) is 0. The maximum atomic E-state index is 11.9. The van der Waals surface area contributed by atoms with E-state index in [1.54, 1.807) is 0 Å². The van der Waals surface area contributed by atoms with Crippen LogP contribution in [-0.2, 0) is 4.79 Å². The van der Waals surface area contributed by atoms with Gasteiger partial charge in [0.1, 0.15) is 0 Å². The number of rotatable bonds is 5. The molecular formula is C14H21NO. The highest BCUT2D eigenvalue weighted by atomic mass is 16.2. The maximum Gasteiger partial charge on any atom is 0.226 e. The summed E-state index contributed by atoms with van der Waals surface area (Å²) in [5, 5.41) is 0. The molecule has 0 N–H and O–H groups in total. The van der Waals surface area contributed by atoms with Crippen molar-refractivity contribution in [3.8, 4) is 0 Å². The lowest BCUT2D eigenvalue weighted by molar-refractivity contribution is -0.118. The molecule has 0 aliphatic heterocycles. The van der Waals surface area contributed by atoms with Crippen molar-refractivity contribution in [3.63, 3.8) is 0 Å². The van der Waals surface area contributed by atoms with Crippen LogP contribution in [0, 0.1) is 6.92 Å². The lowest BCUT2D eigenvalue weighted by Crippen LogP contribution is -2.31. The molecule has 0 aromatic heterocycles. The second-order valence-corrected chi connectivity index (χ2v) is 4.13. The molecule has 1 aromatic rings. The zero-order valence-corrected chi connectivity index (χ0v) is 10.5. The average Bonchev–Trinajstić information content (AvgIpc) is 2.28. The molecule has 0 saturated carbocycles. The minimum atomic E-state index is 0.230. The third-order valence-corrected chi connectivity index (χ3v) is 2.56. The second kappa shape index (κ2) is 6.31. The number of benzene rings is 1. The van der Waals surface area contributed by atoms with Crippen LogP contribution in [0.15, 0.2) is 24.3 Å². The third kappa shape index (κ3) is 3.37. The number of hydrogen-bond acceptors (Lipinski definition) is 1. The SMILES string of the molecule is CCCC(=O)N(CCC)c1ccc(C)cc1. The Bertz CT molecular complexity index is 329. The summed E-state index contributed by atoms with van der Waals surface area (Å²) in [4.78, 5) is 13.8. The number of hydrogen-bond donors (Lipinski definition) is 0. The number of carbonyl (C=O) groups is 1. The van der Waals surface area contributed by atoms with E-state index in [0.717, 1.165) is 25.1 Å². The van der Waals surface area contributed by atoms with Crippen molar-refractivity contribution in [2.75, 3.05) is 11.4 Å². The summed E-state index contributed by atoms with van der Waals surface area (Å²) in [6, 6.07) is 8.16. The fraction of sp³-hybridized carbons (Fsp3) is 0.500. The standard InChI is InChI=1S/C14H21NO/c1-4-6-14(16)15(11-5-2)13-9-7-12(3)8-10-13/h7-10H,4-6,11H2,1-3H3. The Hall–Kier alpha value is -1.31. The molecule has 0 unspecified atom stereocenters. The van der Waals surface area contributed by atoms with Crippen molar-refractivity contribution in [1.82, 2.24) is 0 Å². The average molecular weight is 219 g/mol. The molecule has 1 amide bonds. The van der Waals surface area contributed by atoms with Crippen LogP contribution in [-0.4, -0.2) is 12.5 Å². The number of amides is 1. The lowest BCUT2D eigenvalue weighted by Gasteiger charge is -2.22. The van der Waals surface area contributed by atoms with E-state index in [4.69, 9.17) is 0 Å². The molecule has 0 spiro atoms. The normalized spacial score (nSPS) is 10.2. The Kier molecular flexibility index (Phi) is 5.03. The lowest BCUT2D eigenvalue weighted by atomic mass is 10.2. The largest absolute Gasteiger partial charge is 0.312 e. The van der Waals surface area contributed by atoms with Crippen molar-refractivity contribution in [3.05, 3.63) is 29.8 Å². The molecule has 0 atom stereocenters. The first-order valence-corrected chi connectivity index (χ1v) is 6.06. The monoisotopic (exact) mass is 219 g/mol. The van der Waals surface area contributed by atoms with Crippen LogP contribution in [0.1, 0.15) is 38.7 Å². The molecule has 0 aliphatic rings. The number of carbonyl (C=O) groups excluding carboxylic acids is 1. The molecule has 0 radical (unpaired) electrons. The Labute approximate surface area is 98.3 Å². The Morgan fingerprint density at radius 1 is 1.12 bits per heavy atom.